The van der Waals surface area contributed by atoms with Crippen molar-refractivity contribution in [2.24, 2.45) is 5.92 Å². The van der Waals surface area contributed by atoms with Gasteiger partial charge in [-0.25, -0.2) is 8.42 Å². The highest BCUT2D eigenvalue weighted by Crippen LogP contribution is 2.29. The highest BCUT2D eigenvalue weighted by molar-refractivity contribution is 7.89. The minimum atomic E-state index is -4.48. The first-order chi connectivity index (χ1) is 15.4. The van der Waals surface area contributed by atoms with E-state index in [0.29, 0.717) is 5.75 Å². The van der Waals surface area contributed by atoms with E-state index in [-0.39, 0.29) is 29.3 Å². The highest BCUT2D eigenvalue weighted by atomic mass is 32.2. The van der Waals surface area contributed by atoms with E-state index in [1.165, 1.54) is 43.5 Å². The van der Waals surface area contributed by atoms with Crippen LogP contribution >= 0.6 is 0 Å². The Kier molecular flexibility index (Phi) is 8.91. The van der Waals surface area contributed by atoms with Crippen molar-refractivity contribution >= 4 is 15.9 Å². The Morgan fingerprint density at radius 3 is 2.36 bits per heavy atom. The van der Waals surface area contributed by atoms with Gasteiger partial charge in [0.2, 0.25) is 15.9 Å². The second-order valence-electron chi connectivity index (χ2n) is 7.58. The van der Waals surface area contributed by atoms with Gasteiger partial charge in [0.25, 0.3) is 0 Å². The van der Waals surface area contributed by atoms with E-state index in [1.54, 1.807) is 0 Å². The molecule has 0 spiro atoms. The van der Waals surface area contributed by atoms with Crippen molar-refractivity contribution < 1.29 is 31.1 Å². The van der Waals surface area contributed by atoms with Gasteiger partial charge in [0.05, 0.1) is 24.1 Å². The van der Waals surface area contributed by atoms with Crippen LogP contribution in [0.2, 0.25) is 0 Å². The molecule has 0 saturated heterocycles. The topological polar surface area (TPSA) is 84.5 Å². The predicted molar refractivity (Wildman–Crippen MR) is 118 cm³/mol. The van der Waals surface area contributed by atoms with Crippen LogP contribution in [0.1, 0.15) is 31.4 Å². The average Bonchev–Trinajstić information content (AvgIpc) is 2.75. The molecule has 33 heavy (non-hydrogen) atoms. The molecule has 0 aliphatic rings. The number of benzene rings is 2. The summed E-state index contributed by atoms with van der Waals surface area (Å²) in [4.78, 5) is 12.6. The first kappa shape index (κ1) is 26.2. The van der Waals surface area contributed by atoms with Gasteiger partial charge in [0, 0.05) is 5.56 Å². The minimum absolute atomic E-state index is 0.00973. The molecule has 6 nitrogen and oxygen atoms in total. The van der Waals surface area contributed by atoms with Crippen molar-refractivity contribution in [1.29, 1.82) is 0 Å². The Morgan fingerprint density at radius 1 is 1.12 bits per heavy atom. The SMILES string of the molecule is COc1ccc(S(=O)(=O)NC(CC(C)C)C(=O)NCC#Cc2cccc(C(F)(F)F)c2)cc1. The third-order valence-corrected chi connectivity index (χ3v) is 5.95. The summed E-state index contributed by atoms with van der Waals surface area (Å²) in [6.07, 6.45) is -4.24. The van der Waals surface area contributed by atoms with Crippen LogP contribution in [-0.4, -0.2) is 34.0 Å². The molecule has 0 aromatic heterocycles. The number of ether oxygens (including phenoxy) is 1. The molecular formula is C23H25F3N2O4S. The monoisotopic (exact) mass is 482 g/mol. The number of carbonyl (C=O) groups is 1. The van der Waals surface area contributed by atoms with Crippen LogP contribution in [0.4, 0.5) is 13.2 Å². The van der Waals surface area contributed by atoms with E-state index in [2.05, 4.69) is 21.9 Å². The summed E-state index contributed by atoms with van der Waals surface area (Å²) in [7, 11) is -2.52. The molecule has 0 bridgehead atoms. The minimum Gasteiger partial charge on any atom is -0.497 e. The van der Waals surface area contributed by atoms with Crippen LogP contribution in [-0.2, 0) is 21.0 Å². The predicted octanol–water partition coefficient (Wildman–Crippen LogP) is 3.57. The zero-order valence-electron chi connectivity index (χ0n) is 18.4. The number of methoxy groups -OCH3 is 1. The van der Waals surface area contributed by atoms with Gasteiger partial charge in [-0.3, -0.25) is 4.79 Å². The number of sulfonamides is 1. The fourth-order valence-electron chi connectivity index (χ4n) is 2.86. The van der Waals surface area contributed by atoms with Gasteiger partial charge >= 0.3 is 6.18 Å². The largest absolute Gasteiger partial charge is 0.497 e. The fraction of sp³-hybridized carbons (Fsp3) is 0.348. The van der Waals surface area contributed by atoms with Crippen molar-refractivity contribution in [2.75, 3.05) is 13.7 Å². The summed E-state index contributed by atoms with van der Waals surface area (Å²) in [5.74, 6) is 5.06. The van der Waals surface area contributed by atoms with Gasteiger partial charge in [-0.15, -0.1) is 0 Å². The first-order valence-corrected chi connectivity index (χ1v) is 11.5. The lowest BCUT2D eigenvalue weighted by Crippen LogP contribution is -2.47. The van der Waals surface area contributed by atoms with Crippen LogP contribution in [0.15, 0.2) is 53.4 Å². The molecule has 0 radical (unpaired) electrons. The lowest BCUT2D eigenvalue weighted by Gasteiger charge is -2.19. The number of carbonyl (C=O) groups excluding carboxylic acids is 1. The molecule has 0 heterocycles. The third kappa shape index (κ3) is 8.11. The third-order valence-electron chi connectivity index (χ3n) is 4.46. The Balaban J connectivity index is 2.07. The van der Waals surface area contributed by atoms with Crippen molar-refractivity contribution in [3.63, 3.8) is 0 Å². The van der Waals surface area contributed by atoms with Crippen molar-refractivity contribution in [1.82, 2.24) is 10.0 Å². The number of nitrogens with one attached hydrogen (secondary N) is 2. The molecule has 2 aromatic carbocycles. The van der Waals surface area contributed by atoms with Gasteiger partial charge in [0.1, 0.15) is 11.8 Å². The maximum absolute atomic E-state index is 12.8. The van der Waals surface area contributed by atoms with E-state index in [0.717, 1.165) is 12.1 Å². The normalized spacial score (nSPS) is 12.6. The molecule has 2 N–H and O–H groups in total. The molecule has 0 aliphatic heterocycles. The number of halogens is 3. The summed E-state index contributed by atoms with van der Waals surface area (Å²) >= 11 is 0. The fourth-order valence-corrected chi connectivity index (χ4v) is 4.07. The molecule has 0 saturated carbocycles. The van der Waals surface area contributed by atoms with E-state index in [1.807, 2.05) is 13.8 Å². The molecule has 2 aromatic rings. The summed E-state index contributed by atoms with van der Waals surface area (Å²) < 4.78 is 71.2. The summed E-state index contributed by atoms with van der Waals surface area (Å²) in [6.45, 7) is 3.53. The Bertz CT molecular complexity index is 1120. The van der Waals surface area contributed by atoms with Crippen LogP contribution < -0.4 is 14.8 Å². The molecule has 178 valence electrons. The Morgan fingerprint density at radius 2 is 1.79 bits per heavy atom. The zero-order chi connectivity index (χ0) is 24.6. The average molecular weight is 483 g/mol. The van der Waals surface area contributed by atoms with Crippen LogP contribution in [0, 0.1) is 17.8 Å². The maximum atomic E-state index is 12.8. The number of alkyl halides is 3. The molecule has 0 aliphatic carbocycles. The maximum Gasteiger partial charge on any atom is 0.416 e. The molecule has 0 fully saturated rings. The number of amides is 1. The van der Waals surface area contributed by atoms with Gasteiger partial charge in [-0.05, 0) is 54.8 Å². The molecule has 1 amide bonds. The smallest absolute Gasteiger partial charge is 0.416 e. The van der Waals surface area contributed by atoms with Crippen molar-refractivity contribution in [2.45, 2.75) is 37.4 Å². The molecule has 1 atom stereocenters. The van der Waals surface area contributed by atoms with Crippen molar-refractivity contribution in [3.8, 4) is 17.6 Å². The van der Waals surface area contributed by atoms with Gasteiger partial charge in [-0.1, -0.05) is 31.8 Å². The number of rotatable bonds is 8. The summed E-state index contributed by atoms with van der Waals surface area (Å²) in [5, 5.41) is 2.51. The first-order valence-electron chi connectivity index (χ1n) is 10.0. The highest BCUT2D eigenvalue weighted by Gasteiger charge is 2.30. The number of hydrogen-bond donors (Lipinski definition) is 2. The van der Waals surface area contributed by atoms with Crippen LogP contribution in [0.5, 0.6) is 5.75 Å². The van der Waals surface area contributed by atoms with Crippen LogP contribution in [0.25, 0.3) is 0 Å². The Hall–Kier alpha value is -3.03. The quantitative estimate of drug-likeness (QED) is 0.564. The number of hydrogen-bond acceptors (Lipinski definition) is 4. The second-order valence-corrected chi connectivity index (χ2v) is 9.29. The van der Waals surface area contributed by atoms with E-state index in [9.17, 15) is 26.4 Å². The molecule has 2 rings (SSSR count). The van der Waals surface area contributed by atoms with E-state index in [4.69, 9.17) is 4.74 Å². The van der Waals surface area contributed by atoms with Crippen LogP contribution in [0.3, 0.4) is 0 Å². The molecule has 1 unspecified atom stereocenters. The lowest BCUT2D eigenvalue weighted by atomic mass is 10.0. The standard InChI is InChI=1S/C23H25F3N2O4S/c1-16(2)14-21(28-33(30,31)20-11-9-19(32-3)10-12-20)22(29)27-13-5-7-17-6-4-8-18(15-17)23(24,25)26/h4,6,8-12,15-16,21,28H,13-14H2,1-3H3,(H,27,29). The summed E-state index contributed by atoms with van der Waals surface area (Å²) in [6, 6.07) is 9.21. The van der Waals surface area contributed by atoms with Gasteiger partial charge < -0.3 is 10.1 Å². The zero-order valence-corrected chi connectivity index (χ0v) is 19.2. The molecule has 10 heteroatoms. The lowest BCUT2D eigenvalue weighted by molar-refractivity contribution is -0.137. The van der Waals surface area contributed by atoms with Crippen molar-refractivity contribution in [3.05, 3.63) is 59.7 Å². The van der Waals surface area contributed by atoms with Gasteiger partial charge in [-0.2, -0.15) is 17.9 Å². The van der Waals surface area contributed by atoms with Gasteiger partial charge in [0.15, 0.2) is 0 Å². The second kappa shape index (κ2) is 11.2. The van der Waals surface area contributed by atoms with E-state index < -0.39 is 33.7 Å². The Labute approximate surface area is 191 Å². The van der Waals surface area contributed by atoms with E-state index >= 15 is 0 Å². The molecular weight excluding hydrogens is 457 g/mol. The summed E-state index contributed by atoms with van der Waals surface area (Å²) in [5.41, 5.74) is -0.665.